The van der Waals surface area contributed by atoms with Gasteiger partial charge >= 0.3 is 5.97 Å². The third-order valence-corrected chi connectivity index (χ3v) is 2.27. The van der Waals surface area contributed by atoms with Crippen molar-refractivity contribution in [3.8, 4) is 0 Å². The molecular formula is C11H13F2NO2. The Labute approximate surface area is 91.9 Å². The number of carbonyl (C=O) groups is 1. The van der Waals surface area contributed by atoms with Gasteiger partial charge in [0, 0.05) is 5.56 Å². The van der Waals surface area contributed by atoms with Crippen LogP contribution in [0, 0.1) is 11.6 Å². The molecule has 0 heterocycles. The standard InChI is InChI=1S/C11H13F2NO2/c12-9-5-7(11(15)16)6-10(13)8(9)3-1-2-4-14/h5-6H,1-4,14H2,(H,15,16). The summed E-state index contributed by atoms with van der Waals surface area (Å²) in [4.78, 5) is 10.5. The summed E-state index contributed by atoms with van der Waals surface area (Å²) in [5, 5.41) is 8.59. The van der Waals surface area contributed by atoms with Crippen LogP contribution in [-0.2, 0) is 6.42 Å². The predicted molar refractivity (Wildman–Crippen MR) is 55.3 cm³/mol. The Balaban J connectivity index is 2.89. The van der Waals surface area contributed by atoms with Crippen LogP contribution in [0.15, 0.2) is 12.1 Å². The van der Waals surface area contributed by atoms with E-state index in [-0.39, 0.29) is 17.5 Å². The zero-order valence-corrected chi connectivity index (χ0v) is 8.67. The van der Waals surface area contributed by atoms with E-state index < -0.39 is 17.6 Å². The van der Waals surface area contributed by atoms with Gasteiger partial charge in [0.15, 0.2) is 0 Å². The zero-order chi connectivity index (χ0) is 12.1. The van der Waals surface area contributed by atoms with Crippen LogP contribution in [0.5, 0.6) is 0 Å². The molecule has 0 saturated heterocycles. The Hall–Kier alpha value is -1.49. The van der Waals surface area contributed by atoms with Crippen molar-refractivity contribution in [1.82, 2.24) is 0 Å². The van der Waals surface area contributed by atoms with Crippen molar-refractivity contribution in [2.24, 2.45) is 5.73 Å². The van der Waals surface area contributed by atoms with Gasteiger partial charge in [-0.2, -0.15) is 0 Å². The third kappa shape index (κ3) is 3.00. The molecule has 0 amide bonds. The monoisotopic (exact) mass is 229 g/mol. The summed E-state index contributed by atoms with van der Waals surface area (Å²) in [7, 11) is 0. The van der Waals surface area contributed by atoms with Gasteiger partial charge < -0.3 is 10.8 Å². The number of carboxylic acid groups (broad SMARTS) is 1. The van der Waals surface area contributed by atoms with E-state index in [1.54, 1.807) is 0 Å². The van der Waals surface area contributed by atoms with Crippen LogP contribution in [0.2, 0.25) is 0 Å². The van der Waals surface area contributed by atoms with E-state index in [1.165, 1.54) is 0 Å². The minimum Gasteiger partial charge on any atom is -0.478 e. The normalized spacial score (nSPS) is 10.4. The van der Waals surface area contributed by atoms with Crippen molar-refractivity contribution in [2.45, 2.75) is 19.3 Å². The minimum absolute atomic E-state index is 0.0709. The number of rotatable bonds is 5. The smallest absolute Gasteiger partial charge is 0.335 e. The third-order valence-electron chi connectivity index (χ3n) is 2.27. The van der Waals surface area contributed by atoms with Gasteiger partial charge in [-0.3, -0.25) is 0 Å². The first-order chi connectivity index (χ1) is 7.56. The number of halogens is 2. The highest BCUT2D eigenvalue weighted by Gasteiger charge is 2.13. The number of benzene rings is 1. The number of aromatic carboxylic acids is 1. The first-order valence-corrected chi connectivity index (χ1v) is 4.97. The molecule has 0 unspecified atom stereocenters. The molecule has 3 nitrogen and oxygen atoms in total. The minimum atomic E-state index is -1.34. The van der Waals surface area contributed by atoms with Gasteiger partial charge in [0.2, 0.25) is 0 Å². The molecular weight excluding hydrogens is 216 g/mol. The van der Waals surface area contributed by atoms with Crippen molar-refractivity contribution in [3.63, 3.8) is 0 Å². The molecule has 0 aliphatic rings. The molecule has 0 atom stereocenters. The number of hydrogen-bond donors (Lipinski definition) is 2. The summed E-state index contributed by atoms with van der Waals surface area (Å²) in [6.45, 7) is 0.469. The van der Waals surface area contributed by atoms with Crippen LogP contribution in [0.1, 0.15) is 28.8 Å². The summed E-state index contributed by atoms with van der Waals surface area (Å²) < 4.78 is 26.7. The summed E-state index contributed by atoms with van der Waals surface area (Å²) in [6, 6.07) is 1.67. The largest absolute Gasteiger partial charge is 0.478 e. The van der Waals surface area contributed by atoms with Crippen molar-refractivity contribution in [2.75, 3.05) is 6.54 Å². The van der Waals surface area contributed by atoms with Gasteiger partial charge in [0.05, 0.1) is 5.56 Å². The molecule has 0 fully saturated rings. The number of unbranched alkanes of at least 4 members (excludes halogenated alkanes) is 1. The zero-order valence-electron chi connectivity index (χ0n) is 8.67. The maximum absolute atomic E-state index is 13.4. The average molecular weight is 229 g/mol. The SMILES string of the molecule is NCCCCc1c(F)cc(C(=O)O)cc1F. The summed E-state index contributed by atoms with van der Waals surface area (Å²) in [5.41, 5.74) is 4.82. The van der Waals surface area contributed by atoms with E-state index >= 15 is 0 Å². The molecule has 1 aromatic rings. The Morgan fingerprint density at radius 1 is 1.25 bits per heavy atom. The van der Waals surface area contributed by atoms with E-state index in [0.29, 0.717) is 19.4 Å². The fourth-order valence-corrected chi connectivity index (χ4v) is 1.41. The van der Waals surface area contributed by atoms with Crippen LogP contribution in [0.3, 0.4) is 0 Å². The lowest BCUT2D eigenvalue weighted by atomic mass is 10.0. The lowest BCUT2D eigenvalue weighted by molar-refractivity contribution is 0.0695. The molecule has 16 heavy (non-hydrogen) atoms. The van der Waals surface area contributed by atoms with Gasteiger partial charge in [-0.05, 0) is 37.9 Å². The van der Waals surface area contributed by atoms with Crippen molar-refractivity contribution in [3.05, 3.63) is 34.9 Å². The molecule has 88 valence electrons. The Bertz CT molecular complexity index is 371. The highest BCUT2D eigenvalue weighted by atomic mass is 19.1. The lowest BCUT2D eigenvalue weighted by Gasteiger charge is -2.05. The Morgan fingerprint density at radius 2 is 1.81 bits per heavy atom. The summed E-state index contributed by atoms with van der Waals surface area (Å²) >= 11 is 0. The van der Waals surface area contributed by atoms with E-state index in [9.17, 15) is 13.6 Å². The second-order valence-electron chi connectivity index (χ2n) is 3.47. The molecule has 0 bridgehead atoms. The first-order valence-electron chi connectivity index (χ1n) is 4.97. The van der Waals surface area contributed by atoms with Crippen LogP contribution in [0.4, 0.5) is 8.78 Å². The van der Waals surface area contributed by atoms with Crippen molar-refractivity contribution >= 4 is 5.97 Å². The highest BCUT2D eigenvalue weighted by Crippen LogP contribution is 2.17. The van der Waals surface area contributed by atoms with Crippen molar-refractivity contribution in [1.29, 1.82) is 0 Å². The Morgan fingerprint density at radius 3 is 2.25 bits per heavy atom. The molecule has 3 N–H and O–H groups in total. The van der Waals surface area contributed by atoms with Crippen molar-refractivity contribution < 1.29 is 18.7 Å². The second kappa shape index (κ2) is 5.55. The topological polar surface area (TPSA) is 63.3 Å². The summed E-state index contributed by atoms with van der Waals surface area (Å²) in [6.07, 6.45) is 1.49. The number of hydrogen-bond acceptors (Lipinski definition) is 2. The molecule has 0 aliphatic carbocycles. The molecule has 5 heteroatoms. The van der Waals surface area contributed by atoms with Gasteiger partial charge in [-0.1, -0.05) is 0 Å². The molecule has 0 spiro atoms. The summed E-state index contributed by atoms with van der Waals surface area (Å²) in [5.74, 6) is -2.96. The van der Waals surface area contributed by atoms with E-state index in [1.807, 2.05) is 0 Å². The van der Waals surface area contributed by atoms with Crippen LogP contribution in [0.25, 0.3) is 0 Å². The average Bonchev–Trinajstić information content (AvgIpc) is 2.21. The maximum Gasteiger partial charge on any atom is 0.335 e. The van der Waals surface area contributed by atoms with Gasteiger partial charge in [0.1, 0.15) is 11.6 Å². The number of carboxylic acids is 1. The van der Waals surface area contributed by atoms with E-state index in [4.69, 9.17) is 10.8 Å². The lowest BCUT2D eigenvalue weighted by Crippen LogP contribution is -2.04. The van der Waals surface area contributed by atoms with E-state index in [0.717, 1.165) is 12.1 Å². The fraction of sp³-hybridized carbons (Fsp3) is 0.364. The fourth-order valence-electron chi connectivity index (χ4n) is 1.41. The quantitative estimate of drug-likeness (QED) is 0.758. The Kier molecular flexibility index (Phi) is 4.37. The first kappa shape index (κ1) is 12.6. The molecule has 1 aromatic carbocycles. The van der Waals surface area contributed by atoms with Crippen LogP contribution in [-0.4, -0.2) is 17.6 Å². The highest BCUT2D eigenvalue weighted by molar-refractivity contribution is 5.87. The van der Waals surface area contributed by atoms with Crippen LogP contribution >= 0.6 is 0 Å². The van der Waals surface area contributed by atoms with Gasteiger partial charge in [0.25, 0.3) is 0 Å². The van der Waals surface area contributed by atoms with Crippen LogP contribution < -0.4 is 5.73 Å². The number of nitrogens with two attached hydrogens (primary N) is 1. The molecule has 0 aliphatic heterocycles. The molecule has 1 rings (SSSR count). The van der Waals surface area contributed by atoms with E-state index in [2.05, 4.69) is 0 Å². The molecule has 0 aromatic heterocycles. The second-order valence-corrected chi connectivity index (χ2v) is 3.47. The maximum atomic E-state index is 13.4. The molecule has 0 radical (unpaired) electrons. The van der Waals surface area contributed by atoms with Gasteiger partial charge in [-0.15, -0.1) is 0 Å². The predicted octanol–water partition coefficient (Wildman–Crippen LogP) is 1.94. The van der Waals surface area contributed by atoms with Gasteiger partial charge in [-0.25, -0.2) is 13.6 Å². The molecule has 0 saturated carbocycles.